The molecule has 0 aliphatic rings. The summed E-state index contributed by atoms with van der Waals surface area (Å²) in [6.45, 7) is 2.88. The van der Waals surface area contributed by atoms with E-state index in [-0.39, 0.29) is 0 Å². The first-order chi connectivity index (χ1) is 9.72. The van der Waals surface area contributed by atoms with Crippen LogP contribution in [0, 0.1) is 0 Å². The molecule has 0 saturated carbocycles. The Bertz CT molecular complexity index is 576. The van der Waals surface area contributed by atoms with Gasteiger partial charge in [-0.2, -0.15) is 0 Å². The van der Waals surface area contributed by atoms with E-state index in [9.17, 15) is 0 Å². The molecule has 0 atom stereocenters. The van der Waals surface area contributed by atoms with Crippen LogP contribution in [0.3, 0.4) is 0 Å². The van der Waals surface area contributed by atoms with Crippen molar-refractivity contribution < 1.29 is 9.47 Å². The number of nitrogens with zero attached hydrogens (tertiary/aromatic N) is 1. The van der Waals surface area contributed by atoms with Gasteiger partial charge in [0.05, 0.1) is 17.3 Å². The van der Waals surface area contributed by atoms with Crippen molar-refractivity contribution >= 4 is 17.4 Å². The second kappa shape index (κ2) is 7.01. The lowest BCUT2D eigenvalue weighted by Crippen LogP contribution is -2.02. The SMILES string of the molecule is CCOc1cccc(OCc2nc(NC)ccc2Cl)c1. The fourth-order valence-corrected chi connectivity index (χ4v) is 1.86. The van der Waals surface area contributed by atoms with Gasteiger partial charge in [0.25, 0.3) is 0 Å². The summed E-state index contributed by atoms with van der Waals surface area (Å²) in [4.78, 5) is 4.37. The van der Waals surface area contributed by atoms with Gasteiger partial charge in [0.1, 0.15) is 23.9 Å². The smallest absolute Gasteiger partial charge is 0.132 e. The minimum Gasteiger partial charge on any atom is -0.494 e. The second-order valence-electron chi connectivity index (χ2n) is 4.07. The van der Waals surface area contributed by atoms with Crippen LogP contribution in [-0.4, -0.2) is 18.6 Å². The van der Waals surface area contributed by atoms with E-state index in [4.69, 9.17) is 21.1 Å². The van der Waals surface area contributed by atoms with Crippen molar-refractivity contribution in [3.05, 3.63) is 47.1 Å². The van der Waals surface area contributed by atoms with Crippen LogP contribution in [0.1, 0.15) is 12.6 Å². The summed E-state index contributed by atoms with van der Waals surface area (Å²) in [6.07, 6.45) is 0. The fraction of sp³-hybridized carbons (Fsp3) is 0.267. The van der Waals surface area contributed by atoms with Gasteiger partial charge in [0.2, 0.25) is 0 Å². The van der Waals surface area contributed by atoms with Crippen molar-refractivity contribution in [2.75, 3.05) is 19.0 Å². The lowest BCUT2D eigenvalue weighted by Gasteiger charge is -2.10. The maximum atomic E-state index is 6.11. The molecule has 106 valence electrons. The molecule has 20 heavy (non-hydrogen) atoms. The normalized spacial score (nSPS) is 10.2. The van der Waals surface area contributed by atoms with Crippen molar-refractivity contribution in [3.8, 4) is 11.5 Å². The lowest BCUT2D eigenvalue weighted by molar-refractivity contribution is 0.295. The fourth-order valence-electron chi connectivity index (χ4n) is 1.70. The van der Waals surface area contributed by atoms with E-state index in [2.05, 4.69) is 10.3 Å². The number of hydrogen-bond donors (Lipinski definition) is 1. The number of anilines is 1. The van der Waals surface area contributed by atoms with E-state index >= 15 is 0 Å². The van der Waals surface area contributed by atoms with E-state index in [1.165, 1.54) is 0 Å². The molecule has 0 spiro atoms. The molecule has 0 amide bonds. The van der Waals surface area contributed by atoms with Gasteiger partial charge in [-0.1, -0.05) is 17.7 Å². The Hall–Kier alpha value is -1.94. The Morgan fingerprint density at radius 3 is 2.60 bits per heavy atom. The maximum absolute atomic E-state index is 6.11. The van der Waals surface area contributed by atoms with Crippen LogP contribution in [0.15, 0.2) is 36.4 Å². The van der Waals surface area contributed by atoms with Crippen LogP contribution in [0.2, 0.25) is 5.02 Å². The van der Waals surface area contributed by atoms with E-state index in [1.807, 2.05) is 44.3 Å². The van der Waals surface area contributed by atoms with Crippen molar-refractivity contribution in [2.45, 2.75) is 13.5 Å². The molecule has 2 rings (SSSR count). The zero-order chi connectivity index (χ0) is 14.4. The standard InChI is InChI=1S/C15H17ClN2O2/c1-3-19-11-5-4-6-12(9-11)20-10-14-13(16)7-8-15(17-2)18-14/h4-9H,3,10H2,1-2H3,(H,17,18). The van der Waals surface area contributed by atoms with Crippen LogP contribution in [0.4, 0.5) is 5.82 Å². The maximum Gasteiger partial charge on any atom is 0.132 e. The van der Waals surface area contributed by atoms with Crippen LogP contribution < -0.4 is 14.8 Å². The van der Waals surface area contributed by atoms with E-state index < -0.39 is 0 Å². The third-order valence-electron chi connectivity index (χ3n) is 2.67. The molecule has 1 aromatic heterocycles. The molecule has 0 aliphatic heterocycles. The first-order valence-corrected chi connectivity index (χ1v) is 6.79. The Labute approximate surface area is 123 Å². The largest absolute Gasteiger partial charge is 0.494 e. The number of rotatable bonds is 6. The lowest BCUT2D eigenvalue weighted by atomic mass is 10.3. The first-order valence-electron chi connectivity index (χ1n) is 6.41. The Morgan fingerprint density at radius 1 is 1.15 bits per heavy atom. The molecule has 0 fully saturated rings. The van der Waals surface area contributed by atoms with Gasteiger partial charge < -0.3 is 14.8 Å². The second-order valence-corrected chi connectivity index (χ2v) is 4.48. The molecule has 0 saturated heterocycles. The highest BCUT2D eigenvalue weighted by Gasteiger charge is 2.05. The summed E-state index contributed by atoms with van der Waals surface area (Å²) < 4.78 is 11.1. The number of nitrogens with one attached hydrogen (secondary N) is 1. The predicted molar refractivity (Wildman–Crippen MR) is 80.7 cm³/mol. The minimum atomic E-state index is 0.309. The van der Waals surface area contributed by atoms with Gasteiger partial charge in [-0.3, -0.25) is 0 Å². The Balaban J connectivity index is 2.06. The quantitative estimate of drug-likeness (QED) is 0.880. The number of halogens is 1. The molecule has 4 nitrogen and oxygen atoms in total. The van der Waals surface area contributed by atoms with Crippen molar-refractivity contribution in [1.82, 2.24) is 4.98 Å². The number of benzene rings is 1. The molecule has 0 radical (unpaired) electrons. The van der Waals surface area contributed by atoms with Crippen molar-refractivity contribution in [2.24, 2.45) is 0 Å². The number of hydrogen-bond acceptors (Lipinski definition) is 4. The van der Waals surface area contributed by atoms with E-state index in [1.54, 1.807) is 6.07 Å². The van der Waals surface area contributed by atoms with Gasteiger partial charge in [0, 0.05) is 13.1 Å². The highest BCUT2D eigenvalue weighted by Crippen LogP contribution is 2.22. The van der Waals surface area contributed by atoms with E-state index in [0.29, 0.717) is 23.9 Å². The highest BCUT2D eigenvalue weighted by atomic mass is 35.5. The van der Waals surface area contributed by atoms with Gasteiger partial charge in [0.15, 0.2) is 0 Å². The summed E-state index contributed by atoms with van der Waals surface area (Å²) >= 11 is 6.11. The minimum absolute atomic E-state index is 0.309. The highest BCUT2D eigenvalue weighted by molar-refractivity contribution is 6.31. The molecule has 1 aromatic carbocycles. The summed E-state index contributed by atoms with van der Waals surface area (Å²) in [6, 6.07) is 11.1. The zero-order valence-corrected chi connectivity index (χ0v) is 12.3. The summed E-state index contributed by atoms with van der Waals surface area (Å²) in [5, 5.41) is 3.56. The van der Waals surface area contributed by atoms with Gasteiger partial charge in [-0.05, 0) is 31.2 Å². The number of pyridine rings is 1. The van der Waals surface area contributed by atoms with E-state index in [0.717, 1.165) is 17.3 Å². The third-order valence-corrected chi connectivity index (χ3v) is 3.01. The van der Waals surface area contributed by atoms with Gasteiger partial charge in [-0.15, -0.1) is 0 Å². The molecule has 5 heteroatoms. The summed E-state index contributed by atoms with van der Waals surface area (Å²) in [7, 11) is 1.81. The Kier molecular flexibility index (Phi) is 5.07. The van der Waals surface area contributed by atoms with Crippen molar-refractivity contribution in [1.29, 1.82) is 0 Å². The number of ether oxygens (including phenoxy) is 2. The van der Waals surface area contributed by atoms with Crippen molar-refractivity contribution in [3.63, 3.8) is 0 Å². The molecule has 2 aromatic rings. The number of aromatic nitrogens is 1. The average molecular weight is 293 g/mol. The molecule has 0 unspecified atom stereocenters. The monoisotopic (exact) mass is 292 g/mol. The van der Waals surface area contributed by atoms with Gasteiger partial charge >= 0.3 is 0 Å². The predicted octanol–water partition coefficient (Wildman–Crippen LogP) is 3.75. The summed E-state index contributed by atoms with van der Waals surface area (Å²) in [5.41, 5.74) is 0.695. The van der Waals surface area contributed by atoms with Crippen LogP contribution in [0.25, 0.3) is 0 Å². The summed E-state index contributed by atoms with van der Waals surface area (Å²) in [5.74, 6) is 2.27. The van der Waals surface area contributed by atoms with Crippen LogP contribution >= 0.6 is 11.6 Å². The molecule has 0 bridgehead atoms. The van der Waals surface area contributed by atoms with Gasteiger partial charge in [-0.25, -0.2) is 4.98 Å². The molecular weight excluding hydrogens is 276 g/mol. The van der Waals surface area contributed by atoms with Crippen LogP contribution in [0.5, 0.6) is 11.5 Å². The molecule has 1 heterocycles. The van der Waals surface area contributed by atoms with Crippen LogP contribution in [-0.2, 0) is 6.61 Å². The molecule has 0 aliphatic carbocycles. The Morgan fingerprint density at radius 2 is 1.90 bits per heavy atom. The molecular formula is C15H17ClN2O2. The first kappa shape index (κ1) is 14.5. The topological polar surface area (TPSA) is 43.4 Å². The molecule has 1 N–H and O–H groups in total. The average Bonchev–Trinajstić information content (AvgIpc) is 2.47. The third kappa shape index (κ3) is 3.78. The zero-order valence-electron chi connectivity index (χ0n) is 11.5.